The molecule has 0 bridgehead atoms. The second-order valence-electron chi connectivity index (χ2n) is 5.53. The fourth-order valence-corrected chi connectivity index (χ4v) is 3.17. The highest BCUT2D eigenvalue weighted by Crippen LogP contribution is 2.40. The van der Waals surface area contributed by atoms with Crippen LogP contribution in [-0.2, 0) is 11.3 Å². The van der Waals surface area contributed by atoms with Crippen molar-refractivity contribution < 1.29 is 4.74 Å². The second kappa shape index (κ2) is 4.90. The maximum absolute atomic E-state index is 5.23. The summed E-state index contributed by atoms with van der Waals surface area (Å²) in [5.74, 6) is 0.912. The zero-order valence-corrected chi connectivity index (χ0v) is 12.9. The number of methoxy groups -OCH3 is 1. The summed E-state index contributed by atoms with van der Waals surface area (Å²) in [6.45, 7) is 0.408. The van der Waals surface area contributed by atoms with Crippen LogP contribution in [-0.4, -0.2) is 38.1 Å². The maximum Gasteiger partial charge on any atom is 0.173 e. The Morgan fingerprint density at radius 1 is 1.21 bits per heavy atom. The van der Waals surface area contributed by atoms with Crippen molar-refractivity contribution in [2.45, 2.75) is 12.8 Å². The number of anilines is 1. The third kappa shape index (κ3) is 1.67. The summed E-state index contributed by atoms with van der Waals surface area (Å²) >= 11 is 0. The van der Waals surface area contributed by atoms with Crippen LogP contribution in [0.25, 0.3) is 5.69 Å². The Morgan fingerprint density at radius 2 is 2.12 bits per heavy atom. The number of ether oxygens (including phenoxy) is 1. The molecule has 1 aromatic carbocycles. The van der Waals surface area contributed by atoms with E-state index >= 15 is 0 Å². The summed E-state index contributed by atoms with van der Waals surface area (Å²) in [6.07, 6.45) is 6.89. The van der Waals surface area contributed by atoms with Crippen LogP contribution in [0.15, 0.2) is 48.0 Å². The van der Waals surface area contributed by atoms with Crippen LogP contribution in [0, 0.1) is 0 Å². The monoisotopic (exact) mass is 322 g/mol. The minimum absolute atomic E-state index is 0.162. The lowest BCUT2D eigenvalue weighted by molar-refractivity contribution is 0.177. The molecule has 2 aromatic heterocycles. The van der Waals surface area contributed by atoms with Gasteiger partial charge in [-0.2, -0.15) is 5.12 Å². The molecular weight excluding hydrogens is 308 g/mol. The van der Waals surface area contributed by atoms with E-state index in [-0.39, 0.29) is 6.17 Å². The van der Waals surface area contributed by atoms with Gasteiger partial charge in [0.1, 0.15) is 18.4 Å². The van der Waals surface area contributed by atoms with E-state index in [2.05, 4.69) is 32.4 Å². The van der Waals surface area contributed by atoms with Gasteiger partial charge >= 0.3 is 0 Å². The van der Waals surface area contributed by atoms with Crippen LogP contribution in [0.4, 0.5) is 5.82 Å². The van der Waals surface area contributed by atoms with Crippen molar-refractivity contribution in [1.82, 2.24) is 24.7 Å². The van der Waals surface area contributed by atoms with Crippen molar-refractivity contribution in [2.24, 2.45) is 4.99 Å². The Labute approximate surface area is 137 Å². The average molecular weight is 322 g/mol. The van der Waals surface area contributed by atoms with E-state index in [0.717, 1.165) is 22.8 Å². The van der Waals surface area contributed by atoms with Gasteiger partial charge in [-0.1, -0.05) is 18.2 Å². The van der Waals surface area contributed by atoms with E-state index in [0.29, 0.717) is 6.61 Å². The molecule has 4 heterocycles. The summed E-state index contributed by atoms with van der Waals surface area (Å²) in [4.78, 5) is 10.7. The number of fused-ring (bicyclic) bond motifs is 6. The Bertz CT molecular complexity index is 929. The van der Waals surface area contributed by atoms with Crippen molar-refractivity contribution in [3.05, 3.63) is 54.2 Å². The van der Waals surface area contributed by atoms with Gasteiger partial charge in [-0.3, -0.25) is 4.57 Å². The molecule has 5 rings (SSSR count). The molecule has 1 unspecified atom stereocenters. The molecule has 24 heavy (non-hydrogen) atoms. The number of para-hydroxylation sites is 1. The zero-order chi connectivity index (χ0) is 16.1. The molecule has 0 N–H and O–H groups in total. The van der Waals surface area contributed by atoms with Crippen LogP contribution in [0.2, 0.25) is 0 Å². The largest absolute Gasteiger partial charge is 0.378 e. The molecule has 0 spiro atoms. The van der Waals surface area contributed by atoms with Gasteiger partial charge in [-0.15, -0.1) is 9.89 Å². The number of aliphatic imine (C=N–C) groups is 1. The summed E-state index contributed by atoms with van der Waals surface area (Å²) < 4.78 is 7.27. The van der Waals surface area contributed by atoms with Crippen molar-refractivity contribution in [2.75, 3.05) is 17.2 Å². The summed E-state index contributed by atoms with van der Waals surface area (Å²) in [6, 6.07) is 8.18. The van der Waals surface area contributed by atoms with Gasteiger partial charge in [0.2, 0.25) is 0 Å². The smallest absolute Gasteiger partial charge is 0.173 e. The quantitative estimate of drug-likeness (QED) is 0.717. The summed E-state index contributed by atoms with van der Waals surface area (Å²) in [5, 5.41) is 12.0. The predicted octanol–water partition coefficient (Wildman–Crippen LogP) is 1.02. The van der Waals surface area contributed by atoms with Crippen molar-refractivity contribution in [3.63, 3.8) is 0 Å². The first kappa shape index (κ1) is 13.3. The molecular formula is C15H14N8O. The van der Waals surface area contributed by atoms with Crippen molar-refractivity contribution in [1.29, 1.82) is 0 Å². The standard InChI is InChI=1S/C15H14N8O/c1-24-8-11-6-18-19-23(11)21-10-17-15-12-4-2-3-5-13(12)20-9-16-7-14(20)22(15)21/h2-7,9-10,15H,8H2,1H3. The number of hydrogen-bond acceptors (Lipinski definition) is 7. The summed E-state index contributed by atoms with van der Waals surface area (Å²) in [7, 11) is 1.64. The van der Waals surface area contributed by atoms with E-state index in [1.807, 2.05) is 33.0 Å². The molecule has 0 amide bonds. The second-order valence-corrected chi connectivity index (χ2v) is 5.53. The molecule has 3 aromatic rings. The first-order valence-corrected chi connectivity index (χ1v) is 7.50. The van der Waals surface area contributed by atoms with Gasteiger partial charge in [0.05, 0.1) is 24.7 Å². The first-order valence-electron chi connectivity index (χ1n) is 7.50. The molecule has 0 saturated carbocycles. The molecule has 0 fully saturated rings. The van der Waals surface area contributed by atoms with Gasteiger partial charge in [-0.25, -0.2) is 15.0 Å². The van der Waals surface area contributed by atoms with Gasteiger partial charge in [0, 0.05) is 12.7 Å². The first-order chi connectivity index (χ1) is 11.9. The minimum atomic E-state index is -0.162. The molecule has 120 valence electrons. The lowest BCUT2D eigenvalue weighted by Crippen LogP contribution is -2.49. The Balaban J connectivity index is 1.65. The average Bonchev–Trinajstić information content (AvgIpc) is 3.33. The van der Waals surface area contributed by atoms with Crippen LogP contribution in [0.1, 0.15) is 17.4 Å². The molecule has 0 aliphatic carbocycles. The lowest BCUT2D eigenvalue weighted by Gasteiger charge is -2.37. The fourth-order valence-electron chi connectivity index (χ4n) is 3.17. The van der Waals surface area contributed by atoms with E-state index in [9.17, 15) is 0 Å². The van der Waals surface area contributed by atoms with Gasteiger partial charge in [-0.05, 0) is 11.3 Å². The normalized spacial score (nSPS) is 17.8. The number of imidazole rings is 1. The summed E-state index contributed by atoms with van der Waals surface area (Å²) in [5.41, 5.74) is 3.02. The molecule has 9 nitrogen and oxygen atoms in total. The predicted molar refractivity (Wildman–Crippen MR) is 86.2 cm³/mol. The number of aromatic nitrogens is 5. The molecule has 0 radical (unpaired) electrons. The highest BCUT2D eigenvalue weighted by atomic mass is 16.5. The number of nitrogens with zero attached hydrogens (tertiary/aromatic N) is 8. The van der Waals surface area contributed by atoms with Crippen LogP contribution in [0.5, 0.6) is 0 Å². The van der Waals surface area contributed by atoms with E-state index in [1.165, 1.54) is 0 Å². The van der Waals surface area contributed by atoms with Crippen LogP contribution < -0.4 is 10.1 Å². The molecule has 1 atom stereocenters. The third-order valence-electron chi connectivity index (χ3n) is 4.18. The Hall–Kier alpha value is -3.20. The SMILES string of the molecule is COCc1cnnn1N1C=NC2c3ccccc3-n3cncc3N21. The third-order valence-corrected chi connectivity index (χ3v) is 4.18. The topological polar surface area (TPSA) is 76.6 Å². The van der Waals surface area contributed by atoms with E-state index in [4.69, 9.17) is 4.74 Å². The van der Waals surface area contributed by atoms with Crippen molar-refractivity contribution in [3.8, 4) is 5.69 Å². The number of hydrogen-bond donors (Lipinski definition) is 0. The highest BCUT2D eigenvalue weighted by molar-refractivity contribution is 5.78. The van der Waals surface area contributed by atoms with E-state index in [1.54, 1.807) is 30.8 Å². The molecule has 2 aliphatic heterocycles. The number of benzene rings is 1. The van der Waals surface area contributed by atoms with Gasteiger partial charge in [0.25, 0.3) is 0 Å². The zero-order valence-electron chi connectivity index (χ0n) is 12.9. The van der Waals surface area contributed by atoms with Gasteiger partial charge in [0.15, 0.2) is 12.0 Å². The van der Waals surface area contributed by atoms with Crippen LogP contribution in [0.3, 0.4) is 0 Å². The van der Waals surface area contributed by atoms with Gasteiger partial charge < -0.3 is 4.74 Å². The maximum atomic E-state index is 5.23. The number of rotatable bonds is 3. The lowest BCUT2D eigenvalue weighted by atomic mass is 10.1. The van der Waals surface area contributed by atoms with Crippen LogP contribution >= 0.6 is 0 Å². The highest BCUT2D eigenvalue weighted by Gasteiger charge is 2.39. The Morgan fingerprint density at radius 3 is 3.04 bits per heavy atom. The molecule has 2 aliphatic rings. The number of hydrazine groups is 1. The molecule has 0 saturated heterocycles. The molecule has 9 heteroatoms. The Kier molecular flexibility index (Phi) is 2.71. The van der Waals surface area contributed by atoms with E-state index < -0.39 is 0 Å². The minimum Gasteiger partial charge on any atom is -0.378 e. The van der Waals surface area contributed by atoms with Crippen molar-refractivity contribution >= 4 is 12.2 Å². The fraction of sp³-hybridized carbons (Fsp3) is 0.200.